The monoisotopic (exact) mass is 380 g/mol. The molecule has 2 heterocycles. The van der Waals surface area contributed by atoms with Crippen LogP contribution < -0.4 is 5.32 Å². The van der Waals surface area contributed by atoms with Crippen LogP contribution >= 0.6 is 22.9 Å². The summed E-state index contributed by atoms with van der Waals surface area (Å²) < 4.78 is 14.4. The van der Waals surface area contributed by atoms with E-state index in [2.05, 4.69) is 10.2 Å². The number of amides is 1. The van der Waals surface area contributed by atoms with Gasteiger partial charge in [0.15, 0.2) is 0 Å². The zero-order valence-corrected chi connectivity index (χ0v) is 15.8. The van der Waals surface area contributed by atoms with Crippen molar-refractivity contribution in [1.29, 1.82) is 0 Å². The number of halogens is 2. The molecule has 2 aromatic rings. The summed E-state index contributed by atoms with van der Waals surface area (Å²) >= 11 is 7.73. The van der Waals surface area contributed by atoms with Crippen LogP contribution in [-0.2, 0) is 6.42 Å². The molecule has 1 aromatic heterocycles. The van der Waals surface area contributed by atoms with Crippen LogP contribution in [0.1, 0.15) is 46.6 Å². The predicted octanol–water partition coefficient (Wildman–Crippen LogP) is 4.67. The molecule has 1 fully saturated rings. The number of benzene rings is 1. The Morgan fingerprint density at radius 1 is 1.36 bits per heavy atom. The molecule has 0 bridgehead atoms. The molecule has 1 aromatic carbocycles. The van der Waals surface area contributed by atoms with Gasteiger partial charge in [0.2, 0.25) is 0 Å². The Morgan fingerprint density at radius 3 is 2.80 bits per heavy atom. The Balaban J connectivity index is 1.80. The normalized spacial score (nSPS) is 16.1. The number of hydrogen-bond acceptors (Lipinski definition) is 3. The third-order valence-corrected chi connectivity index (χ3v) is 5.99. The molecule has 1 aliphatic rings. The summed E-state index contributed by atoms with van der Waals surface area (Å²) in [4.78, 5) is 15.5. The maximum absolute atomic E-state index is 14.4. The molecule has 25 heavy (non-hydrogen) atoms. The first-order valence-electron chi connectivity index (χ1n) is 8.64. The fraction of sp³-hybridized carbons (Fsp3) is 0.421. The summed E-state index contributed by atoms with van der Waals surface area (Å²) in [5.41, 5.74) is 1.53. The lowest BCUT2D eigenvalue weighted by atomic mass is 10.0. The van der Waals surface area contributed by atoms with Crippen molar-refractivity contribution in [1.82, 2.24) is 10.2 Å². The molecule has 1 aliphatic heterocycles. The van der Waals surface area contributed by atoms with E-state index in [9.17, 15) is 9.18 Å². The molecule has 1 amide bonds. The molecule has 1 atom stereocenters. The van der Waals surface area contributed by atoms with Crippen molar-refractivity contribution in [3.8, 4) is 0 Å². The van der Waals surface area contributed by atoms with Gasteiger partial charge in [-0.3, -0.25) is 9.69 Å². The van der Waals surface area contributed by atoms with Crippen molar-refractivity contribution < 1.29 is 9.18 Å². The zero-order valence-electron chi connectivity index (χ0n) is 14.2. The highest BCUT2D eigenvalue weighted by Gasteiger charge is 2.28. The van der Waals surface area contributed by atoms with E-state index in [1.54, 1.807) is 12.1 Å². The van der Waals surface area contributed by atoms with Gasteiger partial charge >= 0.3 is 0 Å². The summed E-state index contributed by atoms with van der Waals surface area (Å²) in [5.74, 6) is -0.410. The van der Waals surface area contributed by atoms with Gasteiger partial charge in [0.1, 0.15) is 5.82 Å². The lowest BCUT2D eigenvalue weighted by Crippen LogP contribution is -2.37. The summed E-state index contributed by atoms with van der Waals surface area (Å²) in [6.07, 6.45) is 2.99. The first-order chi connectivity index (χ1) is 12.1. The van der Waals surface area contributed by atoms with Gasteiger partial charge in [-0.25, -0.2) is 4.39 Å². The van der Waals surface area contributed by atoms with Gasteiger partial charge in [-0.2, -0.15) is 0 Å². The zero-order chi connectivity index (χ0) is 17.8. The van der Waals surface area contributed by atoms with Crippen molar-refractivity contribution in [3.63, 3.8) is 0 Å². The van der Waals surface area contributed by atoms with Crippen molar-refractivity contribution >= 4 is 28.8 Å². The standard InChI is InChI=1S/C19H22ClFN2OS/c1-2-13-8-11-25-18(13)19(24)22-12-16(23-9-3-4-10-23)17-14(20)6-5-7-15(17)21/h5-8,11,16H,2-4,9-10,12H2,1H3,(H,22,24)/t16-/m1/s1. The van der Waals surface area contributed by atoms with E-state index >= 15 is 0 Å². The van der Waals surface area contributed by atoms with E-state index in [0.29, 0.717) is 17.1 Å². The van der Waals surface area contributed by atoms with Crippen LogP contribution in [0.2, 0.25) is 5.02 Å². The van der Waals surface area contributed by atoms with Crippen LogP contribution in [0.25, 0.3) is 0 Å². The molecular weight excluding hydrogens is 359 g/mol. The number of rotatable bonds is 6. The minimum Gasteiger partial charge on any atom is -0.349 e. The van der Waals surface area contributed by atoms with E-state index in [4.69, 9.17) is 11.6 Å². The van der Waals surface area contributed by atoms with E-state index in [1.165, 1.54) is 17.4 Å². The van der Waals surface area contributed by atoms with Crippen molar-refractivity contribution in [2.24, 2.45) is 0 Å². The number of aryl methyl sites for hydroxylation is 1. The highest BCUT2D eigenvalue weighted by atomic mass is 35.5. The predicted molar refractivity (Wildman–Crippen MR) is 101 cm³/mol. The fourth-order valence-corrected chi connectivity index (χ4v) is 4.58. The number of thiophene rings is 1. The molecule has 0 aliphatic carbocycles. The molecule has 134 valence electrons. The molecule has 3 rings (SSSR count). The van der Waals surface area contributed by atoms with Crippen molar-refractivity contribution in [3.05, 3.63) is 56.5 Å². The maximum Gasteiger partial charge on any atom is 0.261 e. The fourth-order valence-electron chi connectivity index (χ4n) is 3.38. The number of carbonyl (C=O) groups excluding carboxylic acids is 1. The molecule has 0 spiro atoms. The van der Waals surface area contributed by atoms with Crippen LogP contribution in [0.4, 0.5) is 4.39 Å². The first kappa shape index (κ1) is 18.4. The molecule has 3 nitrogen and oxygen atoms in total. The minimum atomic E-state index is -0.316. The lowest BCUT2D eigenvalue weighted by molar-refractivity contribution is 0.0940. The SMILES string of the molecule is CCc1ccsc1C(=O)NC[C@H](c1c(F)cccc1Cl)N1CCCC1. The summed E-state index contributed by atoms with van der Waals surface area (Å²) in [6.45, 7) is 4.17. The molecule has 6 heteroatoms. The van der Waals surface area contributed by atoms with Crippen molar-refractivity contribution in [2.75, 3.05) is 19.6 Å². The van der Waals surface area contributed by atoms with Gasteiger partial charge in [-0.1, -0.05) is 24.6 Å². The van der Waals surface area contributed by atoms with Crippen LogP contribution in [0, 0.1) is 5.82 Å². The molecular formula is C19H22ClFN2OS. The number of likely N-dealkylation sites (tertiary alicyclic amines) is 1. The first-order valence-corrected chi connectivity index (χ1v) is 9.90. The van der Waals surface area contributed by atoms with Gasteiger partial charge in [0.05, 0.1) is 10.9 Å². The molecule has 1 N–H and O–H groups in total. The second-order valence-electron chi connectivity index (χ2n) is 6.23. The number of nitrogens with zero attached hydrogens (tertiary/aromatic N) is 1. The Bertz CT molecular complexity index is 723. The van der Waals surface area contributed by atoms with E-state index in [0.717, 1.165) is 42.8 Å². The van der Waals surface area contributed by atoms with Gasteiger partial charge in [-0.05, 0) is 61.5 Å². The Kier molecular flexibility index (Phi) is 6.10. The summed E-state index contributed by atoms with van der Waals surface area (Å²) in [6, 6.07) is 6.48. The van der Waals surface area contributed by atoms with E-state index < -0.39 is 0 Å². The Morgan fingerprint density at radius 2 is 2.12 bits per heavy atom. The third kappa shape index (κ3) is 4.05. The van der Waals surface area contributed by atoms with E-state index in [-0.39, 0.29) is 17.8 Å². The van der Waals surface area contributed by atoms with Gasteiger partial charge in [0.25, 0.3) is 5.91 Å². The second-order valence-corrected chi connectivity index (χ2v) is 7.56. The highest BCUT2D eigenvalue weighted by molar-refractivity contribution is 7.12. The van der Waals surface area contributed by atoms with Crippen molar-refractivity contribution in [2.45, 2.75) is 32.2 Å². The second kappa shape index (κ2) is 8.30. The topological polar surface area (TPSA) is 32.3 Å². The van der Waals surface area contributed by atoms with E-state index in [1.807, 2.05) is 18.4 Å². The van der Waals surface area contributed by atoms with Crippen LogP contribution in [0.15, 0.2) is 29.6 Å². The average molecular weight is 381 g/mol. The smallest absolute Gasteiger partial charge is 0.261 e. The Labute approximate surface area is 156 Å². The quantitative estimate of drug-likeness (QED) is 0.789. The van der Waals surface area contributed by atoms with Crippen LogP contribution in [0.3, 0.4) is 0 Å². The Hall–Kier alpha value is -1.43. The number of carbonyl (C=O) groups is 1. The minimum absolute atomic E-state index is 0.0940. The van der Waals surface area contributed by atoms with Gasteiger partial charge in [-0.15, -0.1) is 11.3 Å². The molecule has 0 radical (unpaired) electrons. The summed E-state index contributed by atoms with van der Waals surface area (Å²) in [7, 11) is 0. The number of hydrogen-bond donors (Lipinski definition) is 1. The van der Waals surface area contributed by atoms with Crippen LogP contribution in [-0.4, -0.2) is 30.4 Å². The molecule has 1 saturated heterocycles. The maximum atomic E-state index is 14.4. The van der Waals surface area contributed by atoms with Gasteiger partial charge < -0.3 is 5.32 Å². The average Bonchev–Trinajstić information content (AvgIpc) is 3.28. The lowest BCUT2D eigenvalue weighted by Gasteiger charge is -2.29. The summed E-state index contributed by atoms with van der Waals surface area (Å²) in [5, 5.41) is 5.34. The largest absolute Gasteiger partial charge is 0.349 e. The third-order valence-electron chi connectivity index (χ3n) is 4.70. The van der Waals surface area contributed by atoms with Gasteiger partial charge in [0, 0.05) is 17.1 Å². The number of nitrogens with one attached hydrogen (secondary N) is 1. The highest BCUT2D eigenvalue weighted by Crippen LogP contribution is 2.32. The molecule has 0 unspecified atom stereocenters. The molecule has 0 saturated carbocycles. The van der Waals surface area contributed by atoms with Crippen LogP contribution in [0.5, 0.6) is 0 Å².